The van der Waals surface area contributed by atoms with Gasteiger partial charge in [-0.15, -0.1) is 5.10 Å². The average Bonchev–Trinajstić information content (AvgIpc) is 2.85. The molecule has 0 saturated heterocycles. The highest BCUT2D eigenvalue weighted by Crippen LogP contribution is 2.40. The molecule has 5 nitrogen and oxygen atoms in total. The number of ketones is 1. The lowest BCUT2D eigenvalue weighted by molar-refractivity contribution is 0.104. The van der Waals surface area contributed by atoms with Gasteiger partial charge in [-0.1, -0.05) is 71.7 Å². The summed E-state index contributed by atoms with van der Waals surface area (Å²) in [6.07, 6.45) is 5.24. The number of rotatable bonds is 6. The lowest BCUT2D eigenvalue weighted by Crippen LogP contribution is -1.98. The zero-order valence-corrected chi connectivity index (χ0v) is 18.6. The summed E-state index contributed by atoms with van der Waals surface area (Å²) >= 11 is 12.6. The van der Waals surface area contributed by atoms with Gasteiger partial charge < -0.3 is 5.11 Å². The minimum atomic E-state index is -0.389. The molecule has 0 unspecified atom stereocenters. The molecule has 4 aromatic rings. The van der Waals surface area contributed by atoms with E-state index in [0.29, 0.717) is 38.0 Å². The van der Waals surface area contributed by atoms with E-state index in [9.17, 15) is 14.7 Å². The van der Waals surface area contributed by atoms with Crippen molar-refractivity contribution in [1.82, 2.24) is 10.2 Å². The topological polar surface area (TPSA) is 80.2 Å². The van der Waals surface area contributed by atoms with Crippen LogP contribution in [0.5, 0.6) is 5.75 Å². The Morgan fingerprint density at radius 2 is 1.55 bits per heavy atom. The molecule has 0 saturated carbocycles. The highest BCUT2D eigenvalue weighted by atomic mass is 35.5. The number of aromatic nitrogens is 2. The first-order chi connectivity index (χ1) is 16.0. The Hall–Kier alpha value is -3.80. The number of halogens is 2. The molecule has 0 spiro atoms. The molecule has 0 fully saturated rings. The summed E-state index contributed by atoms with van der Waals surface area (Å²) in [6, 6.07) is 18.6. The molecule has 1 aromatic heterocycles. The molecule has 0 bridgehead atoms. The third kappa shape index (κ3) is 4.70. The fourth-order valence-corrected chi connectivity index (χ4v) is 3.74. The van der Waals surface area contributed by atoms with Crippen molar-refractivity contribution in [2.75, 3.05) is 0 Å². The van der Waals surface area contributed by atoms with Gasteiger partial charge in [0.15, 0.2) is 5.78 Å². The van der Waals surface area contributed by atoms with E-state index in [2.05, 4.69) is 10.2 Å². The predicted molar refractivity (Wildman–Crippen MR) is 130 cm³/mol. The molecular formula is C26H16Cl2N2O3. The fourth-order valence-electron chi connectivity index (χ4n) is 3.34. The zero-order chi connectivity index (χ0) is 23.4. The van der Waals surface area contributed by atoms with Crippen molar-refractivity contribution in [1.29, 1.82) is 0 Å². The number of nitrogens with zero attached hydrogens (tertiary/aromatic N) is 2. The fraction of sp³-hybridized carbons (Fsp3) is 0. The van der Waals surface area contributed by atoms with Crippen LogP contribution in [0.3, 0.4) is 0 Å². The number of phenolic OH excluding ortho intramolecular Hbond substituents is 1. The van der Waals surface area contributed by atoms with Crippen molar-refractivity contribution in [3.63, 3.8) is 0 Å². The van der Waals surface area contributed by atoms with E-state index in [1.165, 1.54) is 18.3 Å². The van der Waals surface area contributed by atoms with E-state index in [-0.39, 0.29) is 17.1 Å². The first kappa shape index (κ1) is 22.4. The zero-order valence-electron chi connectivity index (χ0n) is 17.1. The largest absolute Gasteiger partial charge is 0.506 e. The number of phenols is 1. The van der Waals surface area contributed by atoms with Gasteiger partial charge >= 0.3 is 0 Å². The van der Waals surface area contributed by atoms with Crippen LogP contribution in [0, 0.1) is 0 Å². The second kappa shape index (κ2) is 9.77. The van der Waals surface area contributed by atoms with Gasteiger partial charge in [0, 0.05) is 22.3 Å². The van der Waals surface area contributed by atoms with E-state index in [1.54, 1.807) is 66.7 Å². The molecule has 162 valence electrons. The number of hydrogen-bond donors (Lipinski definition) is 1. The lowest BCUT2D eigenvalue weighted by atomic mass is 9.96. The van der Waals surface area contributed by atoms with Crippen LogP contribution in [0.2, 0.25) is 10.0 Å². The van der Waals surface area contributed by atoms with Crippen molar-refractivity contribution in [2.24, 2.45) is 0 Å². The van der Waals surface area contributed by atoms with E-state index < -0.39 is 0 Å². The van der Waals surface area contributed by atoms with Gasteiger partial charge in [-0.05, 0) is 35.9 Å². The van der Waals surface area contributed by atoms with E-state index in [1.807, 2.05) is 0 Å². The number of benzene rings is 3. The summed E-state index contributed by atoms with van der Waals surface area (Å²) in [5.74, 6) is -0.608. The Kier molecular flexibility index (Phi) is 6.63. The average molecular weight is 475 g/mol. The Balaban J connectivity index is 1.72. The van der Waals surface area contributed by atoms with Gasteiger partial charge in [0.2, 0.25) is 0 Å². The molecule has 0 radical (unpaired) electrons. The van der Waals surface area contributed by atoms with Crippen LogP contribution in [0.15, 0.2) is 79.0 Å². The third-order valence-corrected chi connectivity index (χ3v) is 5.84. The van der Waals surface area contributed by atoms with Crippen LogP contribution in [0.1, 0.15) is 26.3 Å². The summed E-state index contributed by atoms with van der Waals surface area (Å²) in [4.78, 5) is 23.6. The monoisotopic (exact) mass is 474 g/mol. The first-order valence-corrected chi connectivity index (χ1v) is 10.6. The number of carbonyl (C=O) groups excluding carboxylic acids is 2. The number of aldehydes is 1. The number of para-hydroxylation sites is 1. The summed E-state index contributed by atoms with van der Waals surface area (Å²) in [5, 5.41) is 19.8. The Bertz CT molecular complexity index is 1380. The Morgan fingerprint density at radius 1 is 0.848 bits per heavy atom. The number of aromatic hydroxyl groups is 1. The summed E-state index contributed by atoms with van der Waals surface area (Å²) < 4.78 is 0. The van der Waals surface area contributed by atoms with Crippen LogP contribution in [0.25, 0.3) is 28.5 Å². The van der Waals surface area contributed by atoms with Crippen molar-refractivity contribution >= 4 is 41.3 Å². The van der Waals surface area contributed by atoms with Gasteiger partial charge in [0.05, 0.1) is 21.8 Å². The van der Waals surface area contributed by atoms with Gasteiger partial charge in [-0.25, -0.2) is 0 Å². The molecule has 33 heavy (non-hydrogen) atoms. The van der Waals surface area contributed by atoms with Crippen molar-refractivity contribution in [2.45, 2.75) is 0 Å². The van der Waals surface area contributed by atoms with Gasteiger partial charge in [-0.2, -0.15) is 5.10 Å². The van der Waals surface area contributed by atoms with Crippen molar-refractivity contribution in [3.05, 3.63) is 106 Å². The molecule has 0 aliphatic rings. The van der Waals surface area contributed by atoms with Crippen LogP contribution >= 0.6 is 23.2 Å². The Morgan fingerprint density at radius 3 is 2.30 bits per heavy atom. The van der Waals surface area contributed by atoms with Gasteiger partial charge in [0.1, 0.15) is 17.7 Å². The maximum atomic E-state index is 12.8. The SMILES string of the molecule is O=Cc1ccc(/C=C\C(=O)c2cccc(-c3nnccc3-c3cccc(Cl)c3Cl)c2O)cc1. The van der Waals surface area contributed by atoms with Crippen molar-refractivity contribution in [3.8, 4) is 28.1 Å². The molecule has 1 heterocycles. The van der Waals surface area contributed by atoms with Crippen LogP contribution in [-0.2, 0) is 0 Å². The summed E-state index contributed by atoms with van der Waals surface area (Å²) in [6.45, 7) is 0. The maximum Gasteiger partial charge on any atom is 0.189 e. The van der Waals surface area contributed by atoms with Crippen LogP contribution in [0.4, 0.5) is 0 Å². The first-order valence-electron chi connectivity index (χ1n) is 9.85. The molecule has 0 aliphatic carbocycles. The molecule has 1 N–H and O–H groups in total. The van der Waals surface area contributed by atoms with E-state index in [0.717, 1.165) is 11.8 Å². The summed E-state index contributed by atoms with van der Waals surface area (Å²) in [5.41, 5.74) is 3.35. The summed E-state index contributed by atoms with van der Waals surface area (Å²) in [7, 11) is 0. The minimum Gasteiger partial charge on any atom is -0.506 e. The highest BCUT2D eigenvalue weighted by Gasteiger charge is 2.19. The molecule has 0 amide bonds. The molecule has 4 rings (SSSR count). The standard InChI is InChI=1S/C26H16Cl2N2O3/c27-22-6-2-3-18(24(22)28)19-13-14-29-30-25(19)21-5-1-4-20(26(21)33)23(32)12-11-16-7-9-17(15-31)10-8-16/h1-15,33H/b12-11-. The molecule has 3 aromatic carbocycles. The minimum absolute atomic E-state index is 0.113. The van der Waals surface area contributed by atoms with E-state index >= 15 is 0 Å². The second-order valence-corrected chi connectivity index (χ2v) is 7.86. The molecule has 0 aliphatic heterocycles. The van der Waals surface area contributed by atoms with E-state index in [4.69, 9.17) is 23.2 Å². The number of allylic oxidation sites excluding steroid dienone is 1. The maximum absolute atomic E-state index is 12.8. The normalized spacial score (nSPS) is 11.0. The quantitative estimate of drug-likeness (QED) is 0.195. The molecular weight excluding hydrogens is 459 g/mol. The third-order valence-electron chi connectivity index (χ3n) is 5.02. The van der Waals surface area contributed by atoms with Crippen molar-refractivity contribution < 1.29 is 14.7 Å². The van der Waals surface area contributed by atoms with Gasteiger partial charge in [0.25, 0.3) is 0 Å². The molecule has 7 heteroatoms. The predicted octanol–water partition coefficient (Wildman–Crippen LogP) is 6.53. The number of carbonyl (C=O) groups is 2. The van der Waals surface area contributed by atoms with Crippen LogP contribution < -0.4 is 0 Å². The van der Waals surface area contributed by atoms with Gasteiger partial charge in [-0.3, -0.25) is 9.59 Å². The van der Waals surface area contributed by atoms with Crippen LogP contribution in [-0.4, -0.2) is 27.4 Å². The highest BCUT2D eigenvalue weighted by molar-refractivity contribution is 6.43. The smallest absolute Gasteiger partial charge is 0.189 e. The lowest BCUT2D eigenvalue weighted by Gasteiger charge is -2.13. The number of hydrogen-bond acceptors (Lipinski definition) is 5. The second-order valence-electron chi connectivity index (χ2n) is 7.08. The Labute approximate surface area is 200 Å². The molecule has 0 atom stereocenters.